The standard InChI is InChI=1S/C13H14ClN3/c1-2-3-10-4-6-11(7-5-10)17-13-8-12(14)15-9-16-13/h4-9H,2-3H2,1H3,(H,15,16,17). The minimum atomic E-state index is 0.435. The van der Waals surface area contributed by atoms with Crippen molar-refractivity contribution in [1.29, 1.82) is 0 Å². The predicted octanol–water partition coefficient (Wildman–Crippen LogP) is 3.83. The molecule has 1 N–H and O–H groups in total. The van der Waals surface area contributed by atoms with E-state index in [0.29, 0.717) is 11.0 Å². The summed E-state index contributed by atoms with van der Waals surface area (Å²) in [6.45, 7) is 2.18. The fourth-order valence-electron chi connectivity index (χ4n) is 1.59. The molecule has 17 heavy (non-hydrogen) atoms. The maximum Gasteiger partial charge on any atom is 0.135 e. The minimum Gasteiger partial charge on any atom is -0.340 e. The Labute approximate surface area is 106 Å². The van der Waals surface area contributed by atoms with Crippen LogP contribution in [0.4, 0.5) is 11.5 Å². The molecular weight excluding hydrogens is 234 g/mol. The summed E-state index contributed by atoms with van der Waals surface area (Å²) in [5.74, 6) is 0.702. The van der Waals surface area contributed by atoms with Crippen molar-refractivity contribution >= 4 is 23.1 Å². The van der Waals surface area contributed by atoms with Crippen LogP contribution in [0.1, 0.15) is 18.9 Å². The summed E-state index contributed by atoms with van der Waals surface area (Å²) >= 11 is 5.79. The van der Waals surface area contributed by atoms with Crippen molar-refractivity contribution in [2.45, 2.75) is 19.8 Å². The van der Waals surface area contributed by atoms with E-state index in [1.54, 1.807) is 6.07 Å². The van der Waals surface area contributed by atoms with Gasteiger partial charge in [-0.1, -0.05) is 37.1 Å². The molecule has 0 radical (unpaired) electrons. The topological polar surface area (TPSA) is 37.8 Å². The summed E-state index contributed by atoms with van der Waals surface area (Å²) < 4.78 is 0. The van der Waals surface area contributed by atoms with Gasteiger partial charge >= 0.3 is 0 Å². The van der Waals surface area contributed by atoms with Crippen LogP contribution < -0.4 is 5.32 Å². The number of rotatable bonds is 4. The highest BCUT2D eigenvalue weighted by Gasteiger charge is 1.98. The number of hydrogen-bond donors (Lipinski definition) is 1. The third-order valence-electron chi connectivity index (χ3n) is 2.40. The molecule has 0 aliphatic heterocycles. The van der Waals surface area contributed by atoms with Gasteiger partial charge in [-0.25, -0.2) is 9.97 Å². The summed E-state index contributed by atoms with van der Waals surface area (Å²) in [6, 6.07) is 10.0. The molecule has 3 nitrogen and oxygen atoms in total. The lowest BCUT2D eigenvalue weighted by Gasteiger charge is -2.06. The molecule has 0 bridgehead atoms. The summed E-state index contributed by atoms with van der Waals surface area (Å²) in [5, 5.41) is 3.61. The maximum atomic E-state index is 5.79. The Balaban J connectivity index is 2.08. The summed E-state index contributed by atoms with van der Waals surface area (Å²) in [5.41, 5.74) is 2.35. The number of nitrogens with one attached hydrogen (secondary N) is 1. The van der Waals surface area contributed by atoms with Crippen LogP contribution in [-0.2, 0) is 6.42 Å². The van der Waals surface area contributed by atoms with Gasteiger partial charge in [0, 0.05) is 11.8 Å². The smallest absolute Gasteiger partial charge is 0.135 e. The van der Waals surface area contributed by atoms with Gasteiger partial charge in [0.2, 0.25) is 0 Å². The minimum absolute atomic E-state index is 0.435. The third kappa shape index (κ3) is 3.43. The van der Waals surface area contributed by atoms with Crippen LogP contribution in [0.3, 0.4) is 0 Å². The normalized spacial score (nSPS) is 10.2. The highest BCUT2D eigenvalue weighted by Crippen LogP contribution is 2.17. The van der Waals surface area contributed by atoms with Gasteiger partial charge in [0.05, 0.1) is 0 Å². The first-order chi connectivity index (χ1) is 8.28. The van der Waals surface area contributed by atoms with Crippen molar-refractivity contribution in [3.05, 3.63) is 47.4 Å². The second-order valence-electron chi connectivity index (χ2n) is 3.80. The summed E-state index contributed by atoms with van der Waals surface area (Å²) in [7, 11) is 0. The van der Waals surface area contributed by atoms with Crippen LogP contribution in [0.25, 0.3) is 0 Å². The van der Waals surface area contributed by atoms with Gasteiger partial charge in [-0.05, 0) is 24.1 Å². The van der Waals surface area contributed by atoms with Gasteiger partial charge < -0.3 is 5.32 Å². The van der Waals surface area contributed by atoms with Crippen molar-refractivity contribution in [2.24, 2.45) is 0 Å². The second-order valence-corrected chi connectivity index (χ2v) is 4.19. The number of aromatic nitrogens is 2. The molecule has 0 saturated heterocycles. The number of benzene rings is 1. The number of aryl methyl sites for hydroxylation is 1. The first kappa shape index (κ1) is 11.9. The van der Waals surface area contributed by atoms with Crippen LogP contribution in [0.5, 0.6) is 0 Å². The first-order valence-corrected chi connectivity index (χ1v) is 5.99. The number of hydrogen-bond acceptors (Lipinski definition) is 3. The van der Waals surface area contributed by atoms with Gasteiger partial charge in [0.15, 0.2) is 0 Å². The largest absolute Gasteiger partial charge is 0.340 e. The fourth-order valence-corrected chi connectivity index (χ4v) is 1.74. The Morgan fingerprint density at radius 1 is 1.18 bits per heavy atom. The molecule has 0 fully saturated rings. The highest BCUT2D eigenvalue weighted by atomic mass is 35.5. The third-order valence-corrected chi connectivity index (χ3v) is 2.61. The van der Waals surface area contributed by atoms with Crippen LogP contribution in [0, 0.1) is 0 Å². The molecule has 0 atom stereocenters. The maximum absolute atomic E-state index is 5.79. The zero-order valence-corrected chi connectivity index (χ0v) is 10.4. The van der Waals surface area contributed by atoms with Crippen molar-refractivity contribution in [2.75, 3.05) is 5.32 Å². The zero-order valence-electron chi connectivity index (χ0n) is 9.65. The van der Waals surface area contributed by atoms with E-state index in [0.717, 1.165) is 18.5 Å². The Morgan fingerprint density at radius 3 is 2.59 bits per heavy atom. The van der Waals surface area contributed by atoms with E-state index in [2.05, 4.69) is 34.3 Å². The number of nitrogens with zero attached hydrogens (tertiary/aromatic N) is 2. The van der Waals surface area contributed by atoms with Gasteiger partial charge in [-0.3, -0.25) is 0 Å². The predicted molar refractivity (Wildman–Crippen MR) is 70.8 cm³/mol. The molecule has 0 saturated carbocycles. The van der Waals surface area contributed by atoms with E-state index < -0.39 is 0 Å². The zero-order chi connectivity index (χ0) is 12.1. The monoisotopic (exact) mass is 247 g/mol. The van der Waals surface area contributed by atoms with E-state index in [1.165, 1.54) is 11.9 Å². The van der Waals surface area contributed by atoms with E-state index >= 15 is 0 Å². The van der Waals surface area contributed by atoms with E-state index in [9.17, 15) is 0 Å². The average Bonchev–Trinajstić information content (AvgIpc) is 2.32. The molecule has 0 aliphatic carbocycles. The van der Waals surface area contributed by atoms with Crippen LogP contribution in [0.15, 0.2) is 36.7 Å². The van der Waals surface area contributed by atoms with Crippen molar-refractivity contribution in [3.8, 4) is 0 Å². The Bertz CT molecular complexity index is 482. The number of halogens is 1. The Morgan fingerprint density at radius 2 is 1.94 bits per heavy atom. The lowest BCUT2D eigenvalue weighted by Crippen LogP contribution is -1.94. The van der Waals surface area contributed by atoms with Crippen molar-refractivity contribution in [1.82, 2.24) is 9.97 Å². The van der Waals surface area contributed by atoms with E-state index in [1.807, 2.05) is 12.1 Å². The molecule has 1 aromatic carbocycles. The summed E-state index contributed by atoms with van der Waals surface area (Å²) in [6.07, 6.45) is 3.71. The average molecular weight is 248 g/mol. The molecule has 0 spiro atoms. The van der Waals surface area contributed by atoms with Crippen LogP contribution >= 0.6 is 11.6 Å². The summed E-state index contributed by atoms with van der Waals surface area (Å²) in [4.78, 5) is 7.92. The molecule has 88 valence electrons. The molecule has 0 unspecified atom stereocenters. The Hall–Kier alpha value is -1.61. The van der Waals surface area contributed by atoms with Gasteiger partial charge in [-0.2, -0.15) is 0 Å². The van der Waals surface area contributed by atoms with Crippen LogP contribution in [0.2, 0.25) is 5.15 Å². The van der Waals surface area contributed by atoms with Crippen molar-refractivity contribution in [3.63, 3.8) is 0 Å². The van der Waals surface area contributed by atoms with Gasteiger partial charge in [0.1, 0.15) is 17.3 Å². The Kier molecular flexibility index (Phi) is 3.94. The quantitative estimate of drug-likeness (QED) is 0.835. The van der Waals surface area contributed by atoms with Gasteiger partial charge in [-0.15, -0.1) is 0 Å². The molecule has 1 heterocycles. The van der Waals surface area contributed by atoms with E-state index in [4.69, 9.17) is 11.6 Å². The molecule has 4 heteroatoms. The van der Waals surface area contributed by atoms with Gasteiger partial charge in [0.25, 0.3) is 0 Å². The fraction of sp³-hybridized carbons (Fsp3) is 0.231. The van der Waals surface area contributed by atoms with Crippen LogP contribution in [-0.4, -0.2) is 9.97 Å². The molecular formula is C13H14ClN3. The molecule has 0 amide bonds. The van der Waals surface area contributed by atoms with E-state index in [-0.39, 0.29) is 0 Å². The lowest BCUT2D eigenvalue weighted by atomic mass is 10.1. The molecule has 2 aromatic rings. The molecule has 0 aliphatic rings. The van der Waals surface area contributed by atoms with Crippen molar-refractivity contribution < 1.29 is 0 Å². The number of anilines is 2. The molecule has 2 rings (SSSR count). The highest BCUT2D eigenvalue weighted by molar-refractivity contribution is 6.29. The first-order valence-electron chi connectivity index (χ1n) is 5.61. The lowest BCUT2D eigenvalue weighted by molar-refractivity contribution is 0.922. The second kappa shape index (κ2) is 5.64. The SMILES string of the molecule is CCCc1ccc(Nc2cc(Cl)ncn2)cc1. The molecule has 1 aromatic heterocycles.